The summed E-state index contributed by atoms with van der Waals surface area (Å²) in [4.78, 5) is 0. The van der Waals surface area contributed by atoms with E-state index in [1.807, 2.05) is 0 Å². The van der Waals surface area contributed by atoms with Gasteiger partial charge in [0.05, 0.1) is 6.10 Å². The lowest BCUT2D eigenvalue weighted by molar-refractivity contribution is 0.0412. The van der Waals surface area contributed by atoms with Gasteiger partial charge in [0.15, 0.2) is 0 Å². The molecule has 2 unspecified atom stereocenters. The Morgan fingerprint density at radius 3 is 2.64 bits per heavy atom. The van der Waals surface area contributed by atoms with Crippen LogP contribution in [-0.2, 0) is 4.74 Å². The van der Waals surface area contributed by atoms with Crippen LogP contribution in [0.4, 0.5) is 0 Å². The van der Waals surface area contributed by atoms with Crippen LogP contribution in [0.25, 0.3) is 0 Å². The molecule has 2 aliphatic rings. The Hall–Kier alpha value is -0.0800. The largest absolute Gasteiger partial charge is 0.378 e. The Kier molecular flexibility index (Phi) is 3.82. The molecule has 0 aliphatic heterocycles. The van der Waals surface area contributed by atoms with E-state index >= 15 is 0 Å². The molecule has 2 aliphatic carbocycles. The zero-order valence-electron chi connectivity index (χ0n) is 9.30. The van der Waals surface area contributed by atoms with Crippen molar-refractivity contribution in [2.24, 2.45) is 5.92 Å². The molecule has 0 amide bonds. The molecule has 2 atom stereocenters. The minimum Gasteiger partial charge on any atom is -0.378 e. The molecule has 82 valence electrons. The first-order chi connectivity index (χ1) is 6.88. The van der Waals surface area contributed by atoms with Crippen LogP contribution in [0.2, 0.25) is 0 Å². The molecule has 2 nitrogen and oxygen atoms in total. The smallest absolute Gasteiger partial charge is 0.0590 e. The van der Waals surface area contributed by atoms with Gasteiger partial charge >= 0.3 is 0 Å². The standard InChI is InChI=1S/C12H23NO/c1-13-11-5-6-12(9-11)14-8-7-10-3-2-4-10/h10-13H,2-9H2,1H3. The maximum absolute atomic E-state index is 5.90. The van der Waals surface area contributed by atoms with Crippen molar-refractivity contribution < 1.29 is 4.74 Å². The summed E-state index contributed by atoms with van der Waals surface area (Å²) in [5.41, 5.74) is 0. The molecule has 2 rings (SSSR count). The van der Waals surface area contributed by atoms with Gasteiger partial charge in [0.1, 0.15) is 0 Å². The second-order valence-corrected chi connectivity index (χ2v) is 4.88. The fourth-order valence-electron chi connectivity index (χ4n) is 2.54. The van der Waals surface area contributed by atoms with Gasteiger partial charge in [-0.15, -0.1) is 0 Å². The highest BCUT2D eigenvalue weighted by Gasteiger charge is 2.24. The number of rotatable bonds is 5. The SMILES string of the molecule is CNC1CCC(OCCC2CCC2)C1. The molecule has 0 aromatic carbocycles. The van der Waals surface area contributed by atoms with Crippen LogP contribution >= 0.6 is 0 Å². The molecule has 0 spiro atoms. The third kappa shape index (κ3) is 2.71. The molecule has 0 saturated heterocycles. The predicted octanol–water partition coefficient (Wildman–Crippen LogP) is 2.33. The summed E-state index contributed by atoms with van der Waals surface area (Å²) < 4.78 is 5.90. The number of hydrogen-bond donors (Lipinski definition) is 1. The molecule has 0 aromatic heterocycles. The molecule has 1 N–H and O–H groups in total. The molecule has 14 heavy (non-hydrogen) atoms. The second-order valence-electron chi connectivity index (χ2n) is 4.88. The van der Waals surface area contributed by atoms with Gasteiger partial charge in [-0.2, -0.15) is 0 Å². The fourth-order valence-corrected chi connectivity index (χ4v) is 2.54. The van der Waals surface area contributed by atoms with Gasteiger partial charge in [0.25, 0.3) is 0 Å². The topological polar surface area (TPSA) is 21.3 Å². The number of nitrogens with one attached hydrogen (secondary N) is 1. The Labute approximate surface area is 87.4 Å². The highest BCUT2D eigenvalue weighted by Crippen LogP contribution is 2.30. The molecule has 0 bridgehead atoms. The van der Waals surface area contributed by atoms with Crippen molar-refractivity contribution >= 4 is 0 Å². The number of hydrogen-bond acceptors (Lipinski definition) is 2. The van der Waals surface area contributed by atoms with E-state index in [0.717, 1.165) is 12.5 Å². The Bertz CT molecular complexity index is 168. The molecule has 0 aromatic rings. The van der Waals surface area contributed by atoms with Gasteiger partial charge < -0.3 is 10.1 Å². The third-order valence-corrected chi connectivity index (χ3v) is 3.90. The Balaban J connectivity index is 1.53. The lowest BCUT2D eigenvalue weighted by Crippen LogP contribution is -2.23. The molecule has 2 heteroatoms. The van der Waals surface area contributed by atoms with E-state index in [1.54, 1.807) is 0 Å². The van der Waals surface area contributed by atoms with Crippen LogP contribution in [0.3, 0.4) is 0 Å². The highest BCUT2D eigenvalue weighted by atomic mass is 16.5. The van der Waals surface area contributed by atoms with Crippen molar-refractivity contribution in [3.05, 3.63) is 0 Å². The third-order valence-electron chi connectivity index (χ3n) is 3.90. The Morgan fingerprint density at radius 1 is 1.21 bits per heavy atom. The van der Waals surface area contributed by atoms with Gasteiger partial charge in [0.2, 0.25) is 0 Å². The predicted molar refractivity (Wildman–Crippen MR) is 58.4 cm³/mol. The quantitative estimate of drug-likeness (QED) is 0.730. The molecule has 2 fully saturated rings. The van der Waals surface area contributed by atoms with Gasteiger partial charge in [-0.1, -0.05) is 19.3 Å². The van der Waals surface area contributed by atoms with Gasteiger partial charge in [-0.3, -0.25) is 0 Å². The van der Waals surface area contributed by atoms with Gasteiger partial charge in [0, 0.05) is 12.6 Å². The molecular weight excluding hydrogens is 174 g/mol. The van der Waals surface area contributed by atoms with Gasteiger partial charge in [-0.05, 0) is 38.6 Å². The average Bonchev–Trinajstić information content (AvgIpc) is 2.57. The minimum atomic E-state index is 0.549. The van der Waals surface area contributed by atoms with E-state index in [4.69, 9.17) is 4.74 Å². The van der Waals surface area contributed by atoms with E-state index in [1.165, 1.54) is 44.9 Å². The van der Waals surface area contributed by atoms with Crippen molar-refractivity contribution in [3.63, 3.8) is 0 Å². The first-order valence-corrected chi connectivity index (χ1v) is 6.17. The van der Waals surface area contributed by atoms with E-state index in [-0.39, 0.29) is 0 Å². The van der Waals surface area contributed by atoms with Gasteiger partial charge in [-0.25, -0.2) is 0 Å². The fraction of sp³-hybridized carbons (Fsp3) is 1.00. The molecular formula is C12H23NO. The van der Waals surface area contributed by atoms with Crippen LogP contribution in [0.15, 0.2) is 0 Å². The monoisotopic (exact) mass is 197 g/mol. The summed E-state index contributed by atoms with van der Waals surface area (Å²) in [6.07, 6.45) is 9.99. The average molecular weight is 197 g/mol. The summed E-state index contributed by atoms with van der Waals surface area (Å²) >= 11 is 0. The van der Waals surface area contributed by atoms with Crippen molar-refractivity contribution in [2.45, 2.75) is 57.1 Å². The van der Waals surface area contributed by atoms with E-state index in [0.29, 0.717) is 12.1 Å². The maximum atomic E-state index is 5.90. The number of ether oxygens (including phenoxy) is 1. The molecule has 0 heterocycles. The summed E-state index contributed by atoms with van der Waals surface area (Å²) in [6.45, 7) is 1.01. The zero-order chi connectivity index (χ0) is 9.80. The molecule has 2 saturated carbocycles. The van der Waals surface area contributed by atoms with Crippen molar-refractivity contribution in [3.8, 4) is 0 Å². The van der Waals surface area contributed by atoms with Crippen molar-refractivity contribution in [2.75, 3.05) is 13.7 Å². The minimum absolute atomic E-state index is 0.549. The first kappa shape index (κ1) is 10.4. The van der Waals surface area contributed by atoms with Crippen LogP contribution in [-0.4, -0.2) is 25.8 Å². The summed E-state index contributed by atoms with van der Waals surface area (Å²) in [7, 11) is 2.06. The zero-order valence-corrected chi connectivity index (χ0v) is 9.30. The van der Waals surface area contributed by atoms with Crippen LogP contribution < -0.4 is 5.32 Å². The Morgan fingerprint density at radius 2 is 2.07 bits per heavy atom. The maximum Gasteiger partial charge on any atom is 0.0590 e. The molecule has 0 radical (unpaired) electrons. The van der Waals surface area contributed by atoms with E-state index in [9.17, 15) is 0 Å². The van der Waals surface area contributed by atoms with E-state index < -0.39 is 0 Å². The summed E-state index contributed by atoms with van der Waals surface area (Å²) in [6, 6.07) is 0.712. The van der Waals surface area contributed by atoms with Crippen LogP contribution in [0.1, 0.15) is 44.9 Å². The normalized spacial score (nSPS) is 33.2. The van der Waals surface area contributed by atoms with Crippen LogP contribution in [0, 0.1) is 5.92 Å². The second kappa shape index (κ2) is 5.13. The summed E-state index contributed by atoms with van der Waals surface area (Å²) in [5, 5.41) is 3.34. The van der Waals surface area contributed by atoms with Crippen LogP contribution in [0.5, 0.6) is 0 Å². The highest BCUT2D eigenvalue weighted by molar-refractivity contribution is 4.80. The van der Waals surface area contributed by atoms with Crippen molar-refractivity contribution in [1.29, 1.82) is 0 Å². The lowest BCUT2D eigenvalue weighted by Gasteiger charge is -2.25. The lowest BCUT2D eigenvalue weighted by atomic mass is 9.83. The van der Waals surface area contributed by atoms with E-state index in [2.05, 4.69) is 12.4 Å². The summed E-state index contributed by atoms with van der Waals surface area (Å²) in [5.74, 6) is 0.997. The van der Waals surface area contributed by atoms with Crippen molar-refractivity contribution in [1.82, 2.24) is 5.32 Å². The first-order valence-electron chi connectivity index (χ1n) is 6.17.